The second-order valence-corrected chi connectivity index (χ2v) is 12.1. The minimum atomic E-state index is -3.16. The first kappa shape index (κ1) is 22.2. The van der Waals surface area contributed by atoms with Crippen molar-refractivity contribution in [1.82, 2.24) is 14.5 Å². The Bertz CT molecular complexity index is 896. The van der Waals surface area contributed by atoms with Crippen LogP contribution in [0.5, 0.6) is 0 Å². The molecule has 1 aromatic carbocycles. The zero-order valence-electron chi connectivity index (χ0n) is 16.7. The van der Waals surface area contributed by atoms with Crippen LogP contribution in [0.1, 0.15) is 24.4 Å². The lowest BCUT2D eigenvalue weighted by atomic mass is 9.97. The van der Waals surface area contributed by atoms with E-state index in [4.69, 9.17) is 0 Å². The van der Waals surface area contributed by atoms with E-state index < -0.39 is 25.9 Å². The van der Waals surface area contributed by atoms with E-state index >= 15 is 0 Å². The van der Waals surface area contributed by atoms with E-state index in [2.05, 4.69) is 5.32 Å². The van der Waals surface area contributed by atoms with E-state index in [0.717, 1.165) is 5.56 Å². The summed E-state index contributed by atoms with van der Waals surface area (Å²) in [5, 5.41) is 3.02. The fourth-order valence-electron chi connectivity index (χ4n) is 3.93. The van der Waals surface area contributed by atoms with Crippen LogP contribution in [0.15, 0.2) is 30.3 Å². The number of carbonyl (C=O) groups is 1. The molecule has 2 heterocycles. The Labute approximate surface area is 173 Å². The van der Waals surface area contributed by atoms with Crippen LogP contribution in [0.2, 0.25) is 0 Å². The van der Waals surface area contributed by atoms with Crippen molar-refractivity contribution in [3.63, 3.8) is 0 Å². The normalized spacial score (nSPS) is 22.8. The van der Waals surface area contributed by atoms with Crippen LogP contribution in [-0.2, 0) is 24.7 Å². The van der Waals surface area contributed by atoms with Crippen LogP contribution in [0.4, 0.5) is 0 Å². The summed E-state index contributed by atoms with van der Waals surface area (Å²) in [5.74, 6) is 0.220. The molecule has 29 heavy (non-hydrogen) atoms. The first-order chi connectivity index (χ1) is 13.7. The summed E-state index contributed by atoms with van der Waals surface area (Å²) in [6.07, 6.45) is 2.65. The van der Waals surface area contributed by atoms with Gasteiger partial charge in [0.05, 0.1) is 17.8 Å². The summed E-state index contributed by atoms with van der Waals surface area (Å²) in [7, 11) is -6.19. The lowest BCUT2D eigenvalue weighted by molar-refractivity contribution is -0.126. The Morgan fingerprint density at radius 3 is 2.24 bits per heavy atom. The van der Waals surface area contributed by atoms with E-state index in [0.29, 0.717) is 45.6 Å². The average molecular weight is 444 g/mol. The molecule has 1 N–H and O–H groups in total. The van der Waals surface area contributed by atoms with Crippen LogP contribution in [0.3, 0.4) is 0 Å². The molecule has 10 heteroatoms. The molecule has 0 saturated carbocycles. The summed E-state index contributed by atoms with van der Waals surface area (Å²) in [6, 6.07) is 8.88. The third-order valence-electron chi connectivity index (χ3n) is 5.72. The van der Waals surface area contributed by atoms with Gasteiger partial charge in [-0.25, -0.2) is 21.1 Å². The van der Waals surface area contributed by atoms with Gasteiger partial charge in [0.15, 0.2) is 9.84 Å². The SMILES string of the molecule is CS(=O)(=O)N1CCC(CNC(=O)C(c2ccccc2)N2CCS(=O)(=O)CC2)CC1. The number of sulfone groups is 1. The lowest BCUT2D eigenvalue weighted by Gasteiger charge is -2.34. The topological polar surface area (TPSA) is 104 Å². The van der Waals surface area contributed by atoms with Gasteiger partial charge < -0.3 is 5.32 Å². The summed E-state index contributed by atoms with van der Waals surface area (Å²) in [5.41, 5.74) is 0.844. The molecule has 1 atom stereocenters. The quantitative estimate of drug-likeness (QED) is 0.676. The summed E-state index contributed by atoms with van der Waals surface area (Å²) in [4.78, 5) is 15.0. The third kappa shape index (κ3) is 6.00. The molecule has 0 aromatic heterocycles. The van der Waals surface area contributed by atoms with Gasteiger partial charge in [0, 0.05) is 32.7 Å². The number of hydrogen-bond acceptors (Lipinski definition) is 6. The van der Waals surface area contributed by atoms with Crippen molar-refractivity contribution in [1.29, 1.82) is 0 Å². The number of amides is 1. The summed E-state index contributed by atoms with van der Waals surface area (Å²) in [6.45, 7) is 2.12. The van der Waals surface area contributed by atoms with Crippen molar-refractivity contribution in [3.05, 3.63) is 35.9 Å². The standard InChI is InChI=1S/C19H29N3O5S2/c1-28(24,25)22-9-7-16(8-10-22)15-20-19(23)18(17-5-3-2-4-6-17)21-11-13-29(26,27)14-12-21/h2-6,16,18H,7-15H2,1H3,(H,20,23). The van der Waals surface area contributed by atoms with E-state index in [1.807, 2.05) is 35.2 Å². The molecular formula is C19H29N3O5S2. The second kappa shape index (κ2) is 9.11. The van der Waals surface area contributed by atoms with Gasteiger partial charge in [-0.3, -0.25) is 9.69 Å². The highest BCUT2D eigenvalue weighted by Gasteiger charge is 2.33. The van der Waals surface area contributed by atoms with Crippen molar-refractivity contribution in [2.75, 3.05) is 50.5 Å². The van der Waals surface area contributed by atoms with Crippen LogP contribution < -0.4 is 5.32 Å². The number of piperidine rings is 1. The van der Waals surface area contributed by atoms with Crippen molar-refractivity contribution in [3.8, 4) is 0 Å². The number of nitrogens with zero attached hydrogens (tertiary/aromatic N) is 2. The van der Waals surface area contributed by atoms with Gasteiger partial charge >= 0.3 is 0 Å². The summed E-state index contributed by atoms with van der Waals surface area (Å²) >= 11 is 0. The fourth-order valence-corrected chi connectivity index (χ4v) is 6.04. The number of nitrogens with one attached hydrogen (secondary N) is 1. The van der Waals surface area contributed by atoms with Crippen molar-refractivity contribution < 1.29 is 21.6 Å². The Morgan fingerprint density at radius 2 is 1.69 bits per heavy atom. The highest BCUT2D eigenvalue weighted by Crippen LogP contribution is 2.24. The monoisotopic (exact) mass is 443 g/mol. The number of carbonyl (C=O) groups excluding carboxylic acids is 1. The maximum absolute atomic E-state index is 13.1. The van der Waals surface area contributed by atoms with Crippen LogP contribution in [-0.4, -0.2) is 82.4 Å². The van der Waals surface area contributed by atoms with Gasteiger partial charge in [0.1, 0.15) is 6.04 Å². The lowest BCUT2D eigenvalue weighted by Crippen LogP contribution is -2.48. The zero-order valence-corrected chi connectivity index (χ0v) is 18.3. The molecule has 1 amide bonds. The Hall–Kier alpha value is -1.49. The molecule has 2 fully saturated rings. The zero-order chi connectivity index (χ0) is 21.1. The highest BCUT2D eigenvalue weighted by molar-refractivity contribution is 7.91. The molecule has 8 nitrogen and oxygen atoms in total. The third-order valence-corrected chi connectivity index (χ3v) is 8.63. The Kier molecular flexibility index (Phi) is 6.98. The van der Waals surface area contributed by atoms with E-state index in [9.17, 15) is 21.6 Å². The fraction of sp³-hybridized carbons (Fsp3) is 0.632. The van der Waals surface area contributed by atoms with Gasteiger partial charge in [-0.2, -0.15) is 0 Å². The predicted molar refractivity (Wildman–Crippen MR) is 112 cm³/mol. The molecule has 0 radical (unpaired) electrons. The van der Waals surface area contributed by atoms with E-state index in [1.54, 1.807) is 0 Å². The van der Waals surface area contributed by atoms with Crippen LogP contribution in [0.25, 0.3) is 0 Å². The maximum Gasteiger partial charge on any atom is 0.241 e. The van der Waals surface area contributed by atoms with E-state index in [-0.39, 0.29) is 23.3 Å². The molecule has 0 aliphatic carbocycles. The summed E-state index contributed by atoms with van der Waals surface area (Å²) < 4.78 is 48.3. The molecule has 2 aliphatic heterocycles. The van der Waals surface area contributed by atoms with Crippen molar-refractivity contribution in [2.45, 2.75) is 18.9 Å². The highest BCUT2D eigenvalue weighted by atomic mass is 32.2. The number of benzene rings is 1. The number of hydrogen-bond donors (Lipinski definition) is 1. The smallest absolute Gasteiger partial charge is 0.241 e. The minimum absolute atomic E-state index is 0.0631. The molecule has 0 bridgehead atoms. The van der Waals surface area contributed by atoms with E-state index in [1.165, 1.54) is 10.6 Å². The van der Waals surface area contributed by atoms with Gasteiger partial charge in [-0.1, -0.05) is 30.3 Å². The van der Waals surface area contributed by atoms with Gasteiger partial charge in [-0.15, -0.1) is 0 Å². The largest absolute Gasteiger partial charge is 0.354 e. The van der Waals surface area contributed by atoms with Gasteiger partial charge in [-0.05, 0) is 24.3 Å². The first-order valence-corrected chi connectivity index (χ1v) is 13.5. The predicted octanol–water partition coefficient (Wildman–Crippen LogP) is 0.246. The second-order valence-electron chi connectivity index (χ2n) is 7.85. The first-order valence-electron chi connectivity index (χ1n) is 9.88. The van der Waals surface area contributed by atoms with Gasteiger partial charge in [0.2, 0.25) is 15.9 Å². The minimum Gasteiger partial charge on any atom is -0.354 e. The molecule has 1 aromatic rings. The Morgan fingerprint density at radius 1 is 1.10 bits per heavy atom. The molecule has 162 valence electrons. The van der Waals surface area contributed by atoms with Gasteiger partial charge in [0.25, 0.3) is 0 Å². The molecule has 1 unspecified atom stereocenters. The maximum atomic E-state index is 13.1. The Balaban J connectivity index is 1.62. The average Bonchev–Trinajstić information content (AvgIpc) is 2.68. The molecular weight excluding hydrogens is 414 g/mol. The molecule has 2 aliphatic rings. The molecule has 3 rings (SSSR count). The van der Waals surface area contributed by atoms with Crippen molar-refractivity contribution in [2.24, 2.45) is 5.92 Å². The number of rotatable bonds is 6. The molecule has 0 spiro atoms. The van der Waals surface area contributed by atoms with Crippen LogP contribution >= 0.6 is 0 Å². The van der Waals surface area contributed by atoms with Crippen LogP contribution in [0, 0.1) is 5.92 Å². The molecule has 2 saturated heterocycles. The number of sulfonamides is 1. The van der Waals surface area contributed by atoms with Crippen molar-refractivity contribution >= 4 is 25.8 Å².